The lowest BCUT2D eigenvalue weighted by molar-refractivity contribution is -0.875. The molecule has 0 aliphatic heterocycles. The van der Waals surface area contributed by atoms with E-state index in [2.05, 4.69) is 0 Å². The second kappa shape index (κ2) is 8.05. The molecule has 106 valence electrons. The third-order valence-electron chi connectivity index (χ3n) is 2.60. The van der Waals surface area contributed by atoms with Crippen LogP contribution in [-0.2, 0) is 0 Å². The fourth-order valence-corrected chi connectivity index (χ4v) is 1.75. The Hall–Kier alpha value is -0.350. The van der Waals surface area contributed by atoms with Gasteiger partial charge in [0.15, 0.2) is 0 Å². The first-order valence-electron chi connectivity index (χ1n) is 5.73. The Kier molecular flexibility index (Phi) is 7.90. The van der Waals surface area contributed by atoms with E-state index in [1.807, 2.05) is 27.1 Å². The number of ketones is 1. The summed E-state index contributed by atoms with van der Waals surface area (Å²) in [5.74, 6) is 0.109. The van der Waals surface area contributed by atoms with Crippen LogP contribution in [0, 0.1) is 0 Å². The highest BCUT2D eigenvalue weighted by atomic mass is 79.9. The van der Waals surface area contributed by atoms with E-state index in [0.29, 0.717) is 21.6 Å². The number of allylic oxidation sites excluding steroid dienone is 1. The van der Waals surface area contributed by atoms with Gasteiger partial charge in [-0.2, -0.15) is 0 Å². The minimum atomic E-state index is 0. The van der Waals surface area contributed by atoms with Crippen LogP contribution in [0.4, 0.5) is 0 Å². The highest BCUT2D eigenvalue weighted by Gasteiger charge is 2.19. The van der Waals surface area contributed by atoms with Crippen LogP contribution in [0.5, 0.6) is 0 Å². The van der Waals surface area contributed by atoms with E-state index in [1.165, 1.54) is 0 Å². The molecule has 0 aliphatic carbocycles. The Morgan fingerprint density at radius 1 is 1.26 bits per heavy atom. The van der Waals surface area contributed by atoms with E-state index < -0.39 is 0 Å². The first-order valence-corrected chi connectivity index (χ1v) is 6.49. The van der Waals surface area contributed by atoms with Gasteiger partial charge in [-0.1, -0.05) is 23.2 Å². The minimum absolute atomic E-state index is 0. The van der Waals surface area contributed by atoms with Crippen molar-refractivity contribution in [2.24, 2.45) is 0 Å². The van der Waals surface area contributed by atoms with E-state index in [4.69, 9.17) is 23.2 Å². The molecule has 1 rings (SSSR count). The van der Waals surface area contributed by atoms with Crippen molar-refractivity contribution in [3.8, 4) is 0 Å². The highest BCUT2D eigenvalue weighted by Crippen LogP contribution is 2.12. The number of Topliss-reactive ketones (excluding diaryl/α,β-unsaturated/α-hetero) is 1. The third kappa shape index (κ3) is 7.11. The number of hydrogen-bond donors (Lipinski definition) is 0. The van der Waals surface area contributed by atoms with Crippen molar-refractivity contribution in [1.82, 2.24) is 0 Å². The molecule has 0 N–H and O–H groups in total. The van der Waals surface area contributed by atoms with E-state index in [9.17, 15) is 4.79 Å². The number of halogens is 3. The van der Waals surface area contributed by atoms with Gasteiger partial charge < -0.3 is 21.5 Å². The van der Waals surface area contributed by atoms with Crippen LogP contribution >= 0.6 is 23.2 Å². The number of nitrogens with zero attached hydrogens (tertiary/aromatic N) is 1. The quantitative estimate of drug-likeness (QED) is 0.555. The molecule has 2 nitrogen and oxygen atoms in total. The Labute approximate surface area is 135 Å². The first-order chi connectivity index (χ1) is 8.30. The SMILES string of the molecule is CC(Cl)=CC[N+](C)(C)CC(=O)c1ccc(Cl)cc1.[Br-]. The van der Waals surface area contributed by atoms with Gasteiger partial charge in [-0.15, -0.1) is 0 Å². The normalized spacial score (nSPS) is 11.9. The van der Waals surface area contributed by atoms with Gasteiger partial charge in [0.25, 0.3) is 0 Å². The number of rotatable bonds is 5. The molecule has 0 atom stereocenters. The lowest BCUT2D eigenvalue weighted by Crippen LogP contribution is -3.00. The molecule has 0 fully saturated rings. The van der Waals surface area contributed by atoms with Gasteiger partial charge in [0, 0.05) is 15.6 Å². The van der Waals surface area contributed by atoms with Gasteiger partial charge in [-0.25, -0.2) is 0 Å². The molecule has 0 unspecified atom stereocenters. The van der Waals surface area contributed by atoms with Crippen molar-refractivity contribution in [2.45, 2.75) is 6.92 Å². The molecule has 0 radical (unpaired) electrons. The van der Waals surface area contributed by atoms with Crippen molar-refractivity contribution < 1.29 is 26.3 Å². The Morgan fingerprint density at radius 3 is 2.26 bits per heavy atom. The van der Waals surface area contributed by atoms with Gasteiger partial charge in [-0.05, 0) is 37.3 Å². The molecule has 0 bridgehead atoms. The summed E-state index contributed by atoms with van der Waals surface area (Å²) in [6.07, 6.45) is 1.93. The number of benzene rings is 1. The van der Waals surface area contributed by atoms with Crippen LogP contribution < -0.4 is 17.0 Å². The molecule has 1 aromatic rings. The summed E-state index contributed by atoms with van der Waals surface area (Å²) in [4.78, 5) is 12.1. The summed E-state index contributed by atoms with van der Waals surface area (Å²) >= 11 is 11.6. The van der Waals surface area contributed by atoms with Crippen molar-refractivity contribution in [1.29, 1.82) is 0 Å². The van der Waals surface area contributed by atoms with E-state index in [-0.39, 0.29) is 22.8 Å². The summed E-state index contributed by atoms with van der Waals surface area (Å²) < 4.78 is 0.575. The number of hydrogen-bond acceptors (Lipinski definition) is 1. The zero-order valence-electron chi connectivity index (χ0n) is 11.3. The average molecular weight is 367 g/mol. The smallest absolute Gasteiger partial charge is 0.216 e. The molecule has 0 heterocycles. The van der Waals surface area contributed by atoms with Gasteiger partial charge in [0.05, 0.1) is 20.6 Å². The standard InChI is InChI=1S/C14H18Cl2NO.BrH/c1-11(15)8-9-17(2,3)10-14(18)12-4-6-13(16)7-5-12;/h4-8H,9-10H2,1-3H3;1H/q+1;/p-1. The predicted octanol–water partition coefficient (Wildman–Crippen LogP) is 0.746. The molecule has 1 aromatic carbocycles. The summed E-state index contributed by atoms with van der Waals surface area (Å²) in [6, 6.07) is 6.98. The molecule has 0 amide bonds. The monoisotopic (exact) mass is 365 g/mol. The molecule has 0 aliphatic rings. The van der Waals surface area contributed by atoms with E-state index in [1.54, 1.807) is 24.3 Å². The van der Waals surface area contributed by atoms with Crippen LogP contribution in [0.3, 0.4) is 0 Å². The van der Waals surface area contributed by atoms with Crippen LogP contribution in [0.25, 0.3) is 0 Å². The van der Waals surface area contributed by atoms with Gasteiger partial charge in [0.2, 0.25) is 5.78 Å². The topological polar surface area (TPSA) is 17.1 Å². The summed E-state index contributed by atoms with van der Waals surface area (Å²) in [5.41, 5.74) is 0.692. The summed E-state index contributed by atoms with van der Waals surface area (Å²) in [5, 5.41) is 1.39. The zero-order chi connectivity index (χ0) is 13.8. The second-order valence-electron chi connectivity index (χ2n) is 5.00. The maximum Gasteiger partial charge on any atom is 0.216 e. The zero-order valence-corrected chi connectivity index (χ0v) is 14.4. The number of quaternary nitrogens is 1. The van der Waals surface area contributed by atoms with Gasteiger partial charge >= 0.3 is 0 Å². The predicted molar refractivity (Wildman–Crippen MR) is 77.2 cm³/mol. The first kappa shape index (κ1) is 18.7. The highest BCUT2D eigenvalue weighted by molar-refractivity contribution is 6.30. The minimum Gasteiger partial charge on any atom is -1.00 e. The van der Waals surface area contributed by atoms with E-state index in [0.717, 1.165) is 11.6 Å². The largest absolute Gasteiger partial charge is 1.00 e. The molecular weight excluding hydrogens is 349 g/mol. The van der Waals surface area contributed by atoms with Crippen LogP contribution in [0.1, 0.15) is 17.3 Å². The molecule has 0 saturated heterocycles. The van der Waals surface area contributed by atoms with Crippen molar-refractivity contribution in [3.63, 3.8) is 0 Å². The molecule has 0 aromatic heterocycles. The maximum absolute atomic E-state index is 12.1. The molecule has 0 spiro atoms. The third-order valence-corrected chi connectivity index (χ3v) is 3.01. The van der Waals surface area contributed by atoms with Crippen molar-refractivity contribution in [3.05, 3.63) is 46.0 Å². The molecule has 5 heteroatoms. The fourth-order valence-electron chi connectivity index (χ4n) is 1.55. The number of likely N-dealkylation sites (N-methyl/N-ethyl adjacent to an activating group) is 1. The Balaban J connectivity index is 0.00000324. The summed E-state index contributed by atoms with van der Waals surface area (Å²) in [7, 11) is 4.01. The second-order valence-corrected chi connectivity index (χ2v) is 6.03. The lowest BCUT2D eigenvalue weighted by Gasteiger charge is -2.27. The van der Waals surface area contributed by atoms with Crippen LogP contribution in [-0.4, -0.2) is 37.5 Å². The van der Waals surface area contributed by atoms with Crippen molar-refractivity contribution in [2.75, 3.05) is 27.2 Å². The Bertz CT molecular complexity index is 451. The molecule has 0 saturated carbocycles. The van der Waals surface area contributed by atoms with Crippen molar-refractivity contribution >= 4 is 29.0 Å². The number of carbonyl (C=O) groups excluding carboxylic acids is 1. The van der Waals surface area contributed by atoms with Crippen LogP contribution in [0.15, 0.2) is 35.4 Å². The van der Waals surface area contributed by atoms with E-state index >= 15 is 0 Å². The number of carbonyl (C=O) groups is 1. The molecular formula is C14H18BrCl2NO. The van der Waals surface area contributed by atoms with Gasteiger partial charge in [-0.3, -0.25) is 4.79 Å². The molecule has 19 heavy (non-hydrogen) atoms. The lowest BCUT2D eigenvalue weighted by atomic mass is 10.1. The average Bonchev–Trinajstić information content (AvgIpc) is 2.27. The fraction of sp³-hybridized carbons (Fsp3) is 0.357. The van der Waals surface area contributed by atoms with Gasteiger partial charge in [0.1, 0.15) is 6.54 Å². The Morgan fingerprint density at radius 2 is 1.79 bits per heavy atom. The van der Waals surface area contributed by atoms with Crippen LogP contribution in [0.2, 0.25) is 5.02 Å². The summed E-state index contributed by atoms with van der Waals surface area (Å²) in [6.45, 7) is 3.00. The maximum atomic E-state index is 12.1.